The van der Waals surface area contributed by atoms with Crippen molar-refractivity contribution in [1.29, 1.82) is 0 Å². The molecule has 0 atom stereocenters. The minimum atomic E-state index is 0.335. The molecule has 2 aromatic rings. The minimum Gasteiger partial charge on any atom is -0.498 e. The molecule has 0 saturated carbocycles. The van der Waals surface area contributed by atoms with Crippen molar-refractivity contribution in [2.24, 2.45) is 7.05 Å². The molecule has 0 unspecified atom stereocenters. The van der Waals surface area contributed by atoms with Crippen LogP contribution in [0.1, 0.15) is 69.8 Å². The van der Waals surface area contributed by atoms with Gasteiger partial charge in [-0.1, -0.05) is 61.7 Å². The number of hydrogen-bond donors (Lipinski definition) is 0. The van der Waals surface area contributed by atoms with Crippen LogP contribution in [0.5, 0.6) is 0 Å². The molecule has 0 aliphatic heterocycles. The van der Waals surface area contributed by atoms with Gasteiger partial charge in [0.15, 0.2) is 0 Å². The third-order valence-corrected chi connectivity index (χ3v) is 6.70. The zero-order chi connectivity index (χ0) is 20.8. The van der Waals surface area contributed by atoms with Gasteiger partial charge in [0.25, 0.3) is 0 Å². The number of benzene rings is 1. The molecule has 1 aromatic heterocycles. The lowest BCUT2D eigenvalue weighted by Gasteiger charge is -2.13. The zero-order valence-electron chi connectivity index (χ0n) is 17.5. The molecule has 1 aromatic carbocycles. The molecule has 1 aliphatic carbocycles. The zero-order valence-corrected chi connectivity index (χ0v) is 19.8. The summed E-state index contributed by atoms with van der Waals surface area (Å²) >= 11 is 14.0. The second-order valence-corrected chi connectivity index (χ2v) is 9.80. The fourth-order valence-corrected chi connectivity index (χ4v) is 5.42. The fraction of sp³-hybridized carbons (Fsp3) is 0.522. The predicted octanol–water partition coefficient (Wildman–Crippen LogP) is 7.80. The molecule has 0 radical (unpaired) electrons. The standard InChI is InChI=1S/C23H30Cl2N2OS/c1-16(2)22-23(29-20-14-17(24)13-18(25)15-20)27(3)21(26-22)11-12-28-19-9-7-5-4-6-8-10-19/h9,13-16H,4-8,10-12H2,1-3H3/b19-9+. The maximum atomic E-state index is 6.19. The summed E-state index contributed by atoms with van der Waals surface area (Å²) in [6.07, 6.45) is 10.4. The summed E-state index contributed by atoms with van der Waals surface area (Å²) in [5.74, 6) is 2.54. The Bertz CT molecular complexity index is 841. The molecule has 0 N–H and O–H groups in total. The van der Waals surface area contributed by atoms with Gasteiger partial charge in [-0.25, -0.2) is 4.98 Å². The molecule has 1 aliphatic rings. The molecule has 0 saturated heterocycles. The maximum absolute atomic E-state index is 6.19. The molecular weight excluding hydrogens is 423 g/mol. The number of hydrogen-bond acceptors (Lipinski definition) is 3. The number of halogens is 2. The lowest BCUT2D eigenvalue weighted by Crippen LogP contribution is -2.05. The van der Waals surface area contributed by atoms with Gasteiger partial charge in [0.1, 0.15) is 10.9 Å². The summed E-state index contributed by atoms with van der Waals surface area (Å²) < 4.78 is 8.29. The molecule has 0 bridgehead atoms. The van der Waals surface area contributed by atoms with Gasteiger partial charge in [-0.05, 0) is 49.5 Å². The number of imidazole rings is 1. The first-order chi connectivity index (χ1) is 13.9. The smallest absolute Gasteiger partial charge is 0.113 e. The number of ether oxygens (including phenoxy) is 1. The van der Waals surface area contributed by atoms with E-state index in [0.717, 1.165) is 46.5 Å². The summed E-state index contributed by atoms with van der Waals surface area (Å²) in [6, 6.07) is 5.64. The first-order valence-corrected chi connectivity index (χ1v) is 12.0. The highest BCUT2D eigenvalue weighted by molar-refractivity contribution is 7.99. The van der Waals surface area contributed by atoms with Crippen molar-refractivity contribution < 1.29 is 4.74 Å². The van der Waals surface area contributed by atoms with E-state index < -0.39 is 0 Å². The summed E-state index contributed by atoms with van der Waals surface area (Å²) in [5.41, 5.74) is 1.11. The van der Waals surface area contributed by atoms with Crippen LogP contribution in [-0.2, 0) is 18.2 Å². The van der Waals surface area contributed by atoms with Crippen LogP contribution in [0.2, 0.25) is 10.0 Å². The number of rotatable bonds is 7. The van der Waals surface area contributed by atoms with Crippen LogP contribution in [0, 0.1) is 0 Å². The number of allylic oxidation sites excluding steroid dienone is 2. The Morgan fingerprint density at radius 1 is 1.10 bits per heavy atom. The van der Waals surface area contributed by atoms with E-state index in [2.05, 4.69) is 31.5 Å². The van der Waals surface area contributed by atoms with Gasteiger partial charge in [-0.2, -0.15) is 0 Å². The third-order valence-electron chi connectivity index (χ3n) is 5.12. The van der Waals surface area contributed by atoms with E-state index in [0.29, 0.717) is 22.6 Å². The van der Waals surface area contributed by atoms with Gasteiger partial charge in [0, 0.05) is 34.8 Å². The van der Waals surface area contributed by atoms with Gasteiger partial charge in [-0.15, -0.1) is 0 Å². The van der Waals surface area contributed by atoms with Crippen molar-refractivity contribution in [3.8, 4) is 0 Å². The van der Waals surface area contributed by atoms with Crippen LogP contribution < -0.4 is 0 Å². The van der Waals surface area contributed by atoms with Crippen molar-refractivity contribution in [2.75, 3.05) is 6.61 Å². The van der Waals surface area contributed by atoms with E-state index in [4.69, 9.17) is 32.9 Å². The molecule has 0 amide bonds. The maximum Gasteiger partial charge on any atom is 0.113 e. The molecule has 0 fully saturated rings. The van der Waals surface area contributed by atoms with Crippen molar-refractivity contribution in [3.05, 3.63) is 51.6 Å². The highest BCUT2D eigenvalue weighted by Gasteiger charge is 2.19. The van der Waals surface area contributed by atoms with Crippen molar-refractivity contribution >= 4 is 35.0 Å². The van der Waals surface area contributed by atoms with Gasteiger partial charge in [-0.3, -0.25) is 0 Å². The topological polar surface area (TPSA) is 27.1 Å². The molecule has 0 spiro atoms. The fourth-order valence-electron chi connectivity index (χ4n) is 3.54. The molecule has 158 valence electrons. The summed E-state index contributed by atoms with van der Waals surface area (Å²) in [4.78, 5) is 5.97. The van der Waals surface area contributed by atoms with Crippen LogP contribution in [0.4, 0.5) is 0 Å². The van der Waals surface area contributed by atoms with Gasteiger partial charge in [0.2, 0.25) is 0 Å². The normalized spacial score (nSPS) is 17.0. The van der Waals surface area contributed by atoms with E-state index in [9.17, 15) is 0 Å². The lowest BCUT2D eigenvalue weighted by atomic mass is 10.1. The van der Waals surface area contributed by atoms with Crippen LogP contribution >= 0.6 is 35.0 Å². The Hall–Kier alpha value is -1.10. The molecule has 1 heterocycles. The summed E-state index contributed by atoms with van der Waals surface area (Å²) in [6.45, 7) is 5.02. The summed E-state index contributed by atoms with van der Waals surface area (Å²) in [5, 5.41) is 2.43. The molecule has 29 heavy (non-hydrogen) atoms. The van der Waals surface area contributed by atoms with E-state index in [1.807, 2.05) is 12.1 Å². The monoisotopic (exact) mass is 452 g/mol. The van der Waals surface area contributed by atoms with Crippen LogP contribution in [0.15, 0.2) is 40.0 Å². The molecule has 6 heteroatoms. The Morgan fingerprint density at radius 3 is 2.55 bits per heavy atom. The minimum absolute atomic E-state index is 0.335. The highest BCUT2D eigenvalue weighted by atomic mass is 35.5. The predicted molar refractivity (Wildman–Crippen MR) is 123 cm³/mol. The molecular formula is C23H30Cl2N2OS. The average Bonchev–Trinajstić information content (AvgIpc) is 2.92. The first-order valence-electron chi connectivity index (χ1n) is 10.5. The quantitative estimate of drug-likeness (QED) is 0.428. The van der Waals surface area contributed by atoms with Crippen LogP contribution in [0.25, 0.3) is 0 Å². The number of nitrogens with zero attached hydrogens (tertiary/aromatic N) is 2. The van der Waals surface area contributed by atoms with Gasteiger partial charge < -0.3 is 9.30 Å². The van der Waals surface area contributed by atoms with Crippen LogP contribution in [-0.4, -0.2) is 16.2 Å². The van der Waals surface area contributed by atoms with Crippen molar-refractivity contribution in [1.82, 2.24) is 9.55 Å². The van der Waals surface area contributed by atoms with E-state index in [1.165, 1.54) is 25.7 Å². The molecule has 3 rings (SSSR count). The lowest BCUT2D eigenvalue weighted by molar-refractivity contribution is 0.198. The van der Waals surface area contributed by atoms with Crippen molar-refractivity contribution in [3.63, 3.8) is 0 Å². The second kappa shape index (κ2) is 10.8. The Balaban J connectivity index is 1.72. The Kier molecular flexibility index (Phi) is 8.40. The Labute approximate surface area is 188 Å². The first kappa shape index (κ1) is 22.6. The molecule has 3 nitrogen and oxygen atoms in total. The van der Waals surface area contributed by atoms with Gasteiger partial charge in [0.05, 0.1) is 18.1 Å². The third kappa shape index (κ3) is 6.44. The van der Waals surface area contributed by atoms with E-state index in [1.54, 1.807) is 17.8 Å². The van der Waals surface area contributed by atoms with E-state index >= 15 is 0 Å². The highest BCUT2D eigenvalue weighted by Crippen LogP contribution is 2.36. The largest absolute Gasteiger partial charge is 0.498 e. The van der Waals surface area contributed by atoms with Crippen molar-refractivity contribution in [2.45, 2.75) is 74.6 Å². The summed E-state index contributed by atoms with van der Waals surface area (Å²) in [7, 11) is 2.08. The van der Waals surface area contributed by atoms with E-state index in [-0.39, 0.29) is 0 Å². The number of aromatic nitrogens is 2. The van der Waals surface area contributed by atoms with Crippen LogP contribution in [0.3, 0.4) is 0 Å². The SMILES string of the molecule is CC(C)c1nc(CCO/C2=C/CCCCCC2)n(C)c1Sc1cc(Cl)cc(Cl)c1. The average molecular weight is 453 g/mol. The Morgan fingerprint density at radius 2 is 1.83 bits per heavy atom. The van der Waals surface area contributed by atoms with Gasteiger partial charge >= 0.3 is 0 Å². The second-order valence-electron chi connectivity index (χ2n) is 7.86.